The highest BCUT2D eigenvalue weighted by Crippen LogP contribution is 2.29. The van der Waals surface area contributed by atoms with Crippen LogP contribution in [0.25, 0.3) is 0 Å². The van der Waals surface area contributed by atoms with Crippen LogP contribution in [0.3, 0.4) is 0 Å². The number of hydrogen-bond acceptors (Lipinski definition) is 8. The molecule has 212 valence electrons. The van der Waals surface area contributed by atoms with Crippen molar-refractivity contribution >= 4 is 22.1 Å². The summed E-state index contributed by atoms with van der Waals surface area (Å²) in [4.78, 5) is 25.9. The van der Waals surface area contributed by atoms with Crippen molar-refractivity contribution in [3.05, 3.63) is 131 Å². The van der Waals surface area contributed by atoms with Crippen LogP contribution in [0.4, 0.5) is 0 Å². The van der Waals surface area contributed by atoms with E-state index < -0.39 is 34.0 Å². The zero-order chi connectivity index (χ0) is 29.2. The Balaban J connectivity index is 1.54. The molecule has 2 N–H and O–H groups in total. The van der Waals surface area contributed by atoms with Crippen molar-refractivity contribution in [2.24, 2.45) is 5.73 Å². The van der Waals surface area contributed by atoms with Crippen molar-refractivity contribution in [1.82, 2.24) is 0 Å². The molecule has 0 spiro atoms. The maximum Gasteiger partial charge on any atom is 0.339 e. The normalized spacial score (nSPS) is 12.6. The lowest BCUT2D eigenvalue weighted by molar-refractivity contribution is -0.149. The van der Waals surface area contributed by atoms with Crippen molar-refractivity contribution in [1.29, 1.82) is 0 Å². The fourth-order valence-electron chi connectivity index (χ4n) is 4.09. The summed E-state index contributed by atoms with van der Waals surface area (Å²) in [7, 11) is -4.13. The molecular weight excluding hydrogens is 542 g/mol. The van der Waals surface area contributed by atoms with Gasteiger partial charge in [0.1, 0.15) is 29.9 Å². The van der Waals surface area contributed by atoms with Gasteiger partial charge in [-0.1, -0.05) is 90.5 Å². The number of carbonyl (C=O) groups is 2. The van der Waals surface area contributed by atoms with Gasteiger partial charge in [0.2, 0.25) is 0 Å². The Labute approximate surface area is 239 Å². The number of hydrogen-bond donors (Lipinski definition) is 1. The predicted octanol–water partition coefficient (Wildman–Crippen LogP) is 5.05. The minimum absolute atomic E-state index is 0.00395. The first-order chi connectivity index (χ1) is 19.7. The van der Waals surface area contributed by atoms with Gasteiger partial charge in [-0.05, 0) is 47.9 Å². The molecule has 4 aromatic rings. The van der Waals surface area contributed by atoms with E-state index >= 15 is 0 Å². The van der Waals surface area contributed by atoms with Crippen LogP contribution in [-0.4, -0.2) is 26.4 Å². The SMILES string of the molecule is Cc1ccc(S(=O)(=O)Oc2cccc(C(CC(=O)OCc3ccccc3)C(N)C(=O)OCc3ccccc3)c2)cc1. The van der Waals surface area contributed by atoms with E-state index in [-0.39, 0.29) is 30.3 Å². The second-order valence-corrected chi connectivity index (χ2v) is 11.0. The summed E-state index contributed by atoms with van der Waals surface area (Å²) >= 11 is 0. The molecule has 0 aliphatic rings. The Morgan fingerprint density at radius 1 is 0.756 bits per heavy atom. The van der Waals surface area contributed by atoms with Crippen LogP contribution < -0.4 is 9.92 Å². The van der Waals surface area contributed by atoms with E-state index in [0.717, 1.165) is 16.7 Å². The third-order valence-corrected chi connectivity index (χ3v) is 7.62. The monoisotopic (exact) mass is 573 g/mol. The lowest BCUT2D eigenvalue weighted by Gasteiger charge is -2.23. The highest BCUT2D eigenvalue weighted by Gasteiger charge is 2.31. The van der Waals surface area contributed by atoms with Gasteiger partial charge in [0.25, 0.3) is 0 Å². The Morgan fingerprint density at radius 3 is 1.95 bits per heavy atom. The highest BCUT2D eigenvalue weighted by molar-refractivity contribution is 7.87. The molecule has 0 saturated carbocycles. The van der Waals surface area contributed by atoms with E-state index in [1.54, 1.807) is 24.3 Å². The van der Waals surface area contributed by atoms with Gasteiger partial charge in [0, 0.05) is 5.92 Å². The van der Waals surface area contributed by atoms with Crippen molar-refractivity contribution in [3.8, 4) is 5.75 Å². The first kappa shape index (κ1) is 29.5. The number of benzene rings is 4. The number of carbonyl (C=O) groups excluding carboxylic acids is 2. The molecule has 9 heteroatoms. The highest BCUT2D eigenvalue weighted by atomic mass is 32.2. The molecule has 2 unspecified atom stereocenters. The average Bonchev–Trinajstić information content (AvgIpc) is 2.98. The molecule has 0 fully saturated rings. The third-order valence-electron chi connectivity index (χ3n) is 6.36. The lowest BCUT2D eigenvalue weighted by Crippen LogP contribution is -2.39. The third kappa shape index (κ3) is 8.51. The molecule has 0 aliphatic carbocycles. The standard InChI is InChI=1S/C32H31NO7S/c1-23-15-17-28(18-16-23)41(36,37)40-27-14-8-13-26(19-27)29(20-30(34)38-21-24-9-4-2-5-10-24)31(33)32(35)39-22-25-11-6-3-7-12-25/h2-19,29,31H,20-22,33H2,1H3. The average molecular weight is 574 g/mol. The van der Waals surface area contributed by atoms with Gasteiger partial charge in [-0.15, -0.1) is 0 Å². The van der Waals surface area contributed by atoms with E-state index in [9.17, 15) is 18.0 Å². The quantitative estimate of drug-likeness (QED) is 0.185. The number of nitrogens with two attached hydrogens (primary N) is 1. The summed E-state index contributed by atoms with van der Waals surface area (Å²) < 4.78 is 42.0. The second-order valence-electron chi connectivity index (χ2n) is 9.50. The summed E-state index contributed by atoms with van der Waals surface area (Å²) in [5, 5.41) is 0. The van der Waals surface area contributed by atoms with Crippen molar-refractivity contribution in [2.75, 3.05) is 0 Å². The van der Waals surface area contributed by atoms with Crippen LogP contribution in [0.2, 0.25) is 0 Å². The zero-order valence-corrected chi connectivity index (χ0v) is 23.3. The predicted molar refractivity (Wildman–Crippen MR) is 153 cm³/mol. The molecule has 0 aliphatic heterocycles. The van der Waals surface area contributed by atoms with E-state index in [1.807, 2.05) is 67.6 Å². The maximum absolute atomic E-state index is 13.0. The summed E-state index contributed by atoms with van der Waals surface area (Å²) in [5.74, 6) is -2.17. The van der Waals surface area contributed by atoms with Crippen LogP contribution in [0.1, 0.15) is 34.6 Å². The molecule has 0 bridgehead atoms. The molecule has 2 atom stereocenters. The fourth-order valence-corrected chi connectivity index (χ4v) is 5.02. The molecule has 8 nitrogen and oxygen atoms in total. The number of ether oxygens (including phenoxy) is 2. The van der Waals surface area contributed by atoms with Crippen molar-refractivity contribution < 1.29 is 31.7 Å². The summed E-state index contributed by atoms with van der Waals surface area (Å²) in [6.45, 7) is 1.91. The van der Waals surface area contributed by atoms with Gasteiger partial charge in [-0.2, -0.15) is 8.42 Å². The zero-order valence-electron chi connectivity index (χ0n) is 22.5. The molecule has 0 heterocycles. The number of rotatable bonds is 12. The van der Waals surface area contributed by atoms with E-state index in [4.69, 9.17) is 19.4 Å². The summed E-state index contributed by atoms with van der Waals surface area (Å²) in [6, 6.07) is 29.4. The molecule has 4 aromatic carbocycles. The van der Waals surface area contributed by atoms with Gasteiger partial charge in [-0.25, -0.2) is 0 Å². The van der Waals surface area contributed by atoms with Crippen LogP contribution in [0.15, 0.2) is 114 Å². The topological polar surface area (TPSA) is 122 Å². The van der Waals surface area contributed by atoms with E-state index in [1.165, 1.54) is 24.3 Å². The Bertz CT molecular complexity index is 1560. The summed E-state index contributed by atoms with van der Waals surface area (Å²) in [6.07, 6.45) is -0.247. The fraction of sp³-hybridized carbons (Fsp3) is 0.188. The van der Waals surface area contributed by atoms with Gasteiger partial charge >= 0.3 is 22.1 Å². The number of esters is 2. The van der Waals surface area contributed by atoms with Gasteiger partial charge < -0.3 is 19.4 Å². The minimum atomic E-state index is -4.13. The van der Waals surface area contributed by atoms with Crippen LogP contribution in [0.5, 0.6) is 5.75 Å². The van der Waals surface area contributed by atoms with E-state index in [0.29, 0.717) is 5.56 Å². The first-order valence-electron chi connectivity index (χ1n) is 13.0. The van der Waals surface area contributed by atoms with Gasteiger partial charge in [0.05, 0.1) is 6.42 Å². The molecule has 0 aromatic heterocycles. The maximum atomic E-state index is 13.0. The Kier molecular flexibility index (Phi) is 9.89. The van der Waals surface area contributed by atoms with E-state index in [2.05, 4.69) is 0 Å². The number of aryl methyl sites for hydroxylation is 1. The molecule has 4 rings (SSSR count). The first-order valence-corrected chi connectivity index (χ1v) is 14.4. The molecule has 0 amide bonds. The van der Waals surface area contributed by atoms with Crippen LogP contribution in [0, 0.1) is 6.92 Å². The van der Waals surface area contributed by atoms with Gasteiger partial charge in [-0.3, -0.25) is 9.59 Å². The summed E-state index contributed by atoms with van der Waals surface area (Å²) in [5.41, 5.74) is 9.26. The lowest BCUT2D eigenvalue weighted by atomic mass is 9.88. The Morgan fingerprint density at radius 2 is 1.34 bits per heavy atom. The molecule has 41 heavy (non-hydrogen) atoms. The van der Waals surface area contributed by atoms with Crippen LogP contribution >= 0.6 is 0 Å². The van der Waals surface area contributed by atoms with Crippen molar-refractivity contribution in [3.63, 3.8) is 0 Å². The van der Waals surface area contributed by atoms with Gasteiger partial charge in [0.15, 0.2) is 0 Å². The molecular formula is C32H31NO7S. The van der Waals surface area contributed by atoms with Crippen molar-refractivity contribution in [2.45, 2.75) is 43.4 Å². The van der Waals surface area contributed by atoms with Crippen LogP contribution in [-0.2, 0) is 42.4 Å². The molecule has 0 radical (unpaired) electrons. The smallest absolute Gasteiger partial charge is 0.339 e. The Hall–Kier alpha value is -4.47. The largest absolute Gasteiger partial charge is 0.461 e. The second kappa shape index (κ2) is 13.7. The molecule has 0 saturated heterocycles. The minimum Gasteiger partial charge on any atom is -0.461 e.